The first-order chi connectivity index (χ1) is 11.6. The number of carbonyl (C=O) groups is 2. The maximum absolute atomic E-state index is 13.1. The summed E-state index contributed by atoms with van der Waals surface area (Å²) in [6.45, 7) is 2.65. The Balaban J connectivity index is 1.55. The van der Waals surface area contributed by atoms with E-state index < -0.39 is 5.41 Å². The molecule has 0 unspecified atom stereocenters. The summed E-state index contributed by atoms with van der Waals surface area (Å²) in [4.78, 5) is 27.6. The lowest BCUT2D eigenvalue weighted by Gasteiger charge is -2.23. The molecule has 1 fully saturated rings. The summed E-state index contributed by atoms with van der Waals surface area (Å²) in [5, 5.41) is 2.93. The Morgan fingerprint density at radius 1 is 1.08 bits per heavy atom. The number of carbonyl (C=O) groups excluding carboxylic acids is 2. The van der Waals surface area contributed by atoms with Crippen LogP contribution in [0.1, 0.15) is 24.0 Å². The molecule has 0 aromatic heterocycles. The Morgan fingerprint density at radius 2 is 1.88 bits per heavy atom. The maximum atomic E-state index is 13.1. The second kappa shape index (κ2) is 5.48. The molecule has 4 rings (SSSR count). The zero-order chi connectivity index (χ0) is 16.7. The molecular weight excluding hydrogens is 300 g/mol. The lowest BCUT2D eigenvalue weighted by molar-refractivity contribution is -0.132. The average molecular weight is 320 g/mol. The molecule has 0 atom stereocenters. The van der Waals surface area contributed by atoms with Crippen LogP contribution in [0.15, 0.2) is 48.5 Å². The van der Waals surface area contributed by atoms with Crippen molar-refractivity contribution in [2.24, 2.45) is 5.41 Å². The molecule has 1 N–H and O–H groups in total. The number of fused-ring (bicyclic) bond motifs is 1. The van der Waals surface area contributed by atoms with E-state index in [4.69, 9.17) is 0 Å². The van der Waals surface area contributed by atoms with Crippen LogP contribution in [0.5, 0.6) is 0 Å². The average Bonchev–Trinajstić information content (AvgIpc) is 3.28. The van der Waals surface area contributed by atoms with Gasteiger partial charge in [0.2, 0.25) is 11.8 Å². The first-order valence-electron chi connectivity index (χ1n) is 8.38. The van der Waals surface area contributed by atoms with E-state index in [-0.39, 0.29) is 11.8 Å². The van der Waals surface area contributed by atoms with Crippen molar-refractivity contribution in [2.45, 2.75) is 26.2 Å². The van der Waals surface area contributed by atoms with Crippen molar-refractivity contribution in [3.63, 3.8) is 0 Å². The summed E-state index contributed by atoms with van der Waals surface area (Å²) in [5.74, 6) is -0.236. The molecule has 1 saturated carbocycles. The summed E-state index contributed by atoms with van der Waals surface area (Å²) in [7, 11) is 0. The second-order valence-electron chi connectivity index (χ2n) is 6.74. The topological polar surface area (TPSA) is 49.4 Å². The Bertz CT molecular complexity index is 824. The summed E-state index contributed by atoms with van der Waals surface area (Å²) in [5.41, 5.74) is 3.08. The normalized spacial score (nSPS) is 17.3. The van der Waals surface area contributed by atoms with Gasteiger partial charge in [0.25, 0.3) is 0 Å². The quantitative estimate of drug-likeness (QED) is 0.882. The van der Waals surface area contributed by atoms with Gasteiger partial charge in [-0.25, -0.2) is 0 Å². The van der Waals surface area contributed by atoms with Crippen molar-refractivity contribution in [1.82, 2.24) is 0 Å². The van der Waals surface area contributed by atoms with Gasteiger partial charge in [0, 0.05) is 17.9 Å². The first kappa shape index (κ1) is 14.9. The number of nitrogens with one attached hydrogen (secondary N) is 1. The molecule has 2 amide bonds. The molecule has 0 radical (unpaired) electrons. The standard InChI is InChI=1S/C20H20N2O2/c1-14-5-4-7-16(13-14)21-18(23)20(10-11-20)19(24)22-12-9-15-6-2-3-8-17(15)22/h2-8,13H,9-12H2,1H3,(H,21,23). The van der Waals surface area contributed by atoms with E-state index in [1.807, 2.05) is 49.4 Å². The lowest BCUT2D eigenvalue weighted by atomic mass is 10.0. The fourth-order valence-electron chi connectivity index (χ4n) is 3.44. The van der Waals surface area contributed by atoms with Crippen molar-refractivity contribution in [3.05, 3.63) is 59.7 Å². The fraction of sp³-hybridized carbons (Fsp3) is 0.300. The van der Waals surface area contributed by atoms with Crippen LogP contribution in [-0.2, 0) is 16.0 Å². The van der Waals surface area contributed by atoms with Gasteiger partial charge in [0.1, 0.15) is 5.41 Å². The van der Waals surface area contributed by atoms with Gasteiger partial charge in [0.15, 0.2) is 0 Å². The van der Waals surface area contributed by atoms with Gasteiger partial charge in [-0.15, -0.1) is 0 Å². The highest BCUT2D eigenvalue weighted by atomic mass is 16.2. The molecule has 2 aromatic carbocycles. The van der Waals surface area contributed by atoms with E-state index >= 15 is 0 Å². The highest BCUT2D eigenvalue weighted by Crippen LogP contribution is 2.49. The summed E-state index contributed by atoms with van der Waals surface area (Å²) < 4.78 is 0. The van der Waals surface area contributed by atoms with Gasteiger partial charge in [-0.05, 0) is 55.5 Å². The summed E-state index contributed by atoms with van der Waals surface area (Å²) in [6, 6.07) is 15.6. The monoisotopic (exact) mass is 320 g/mol. The van der Waals surface area contributed by atoms with Gasteiger partial charge in [-0.2, -0.15) is 0 Å². The third-order valence-electron chi connectivity index (χ3n) is 5.00. The molecule has 122 valence electrons. The summed E-state index contributed by atoms with van der Waals surface area (Å²) >= 11 is 0. The second-order valence-corrected chi connectivity index (χ2v) is 6.74. The third kappa shape index (κ3) is 2.39. The minimum Gasteiger partial charge on any atom is -0.325 e. The summed E-state index contributed by atoms with van der Waals surface area (Å²) in [6.07, 6.45) is 2.11. The maximum Gasteiger partial charge on any atom is 0.242 e. The smallest absolute Gasteiger partial charge is 0.242 e. The van der Waals surface area contributed by atoms with Crippen LogP contribution in [-0.4, -0.2) is 18.4 Å². The third-order valence-corrected chi connectivity index (χ3v) is 5.00. The Hall–Kier alpha value is -2.62. The number of nitrogens with zero attached hydrogens (tertiary/aromatic N) is 1. The molecule has 24 heavy (non-hydrogen) atoms. The van der Waals surface area contributed by atoms with Crippen LogP contribution in [0.2, 0.25) is 0 Å². The molecular formula is C20H20N2O2. The molecule has 0 bridgehead atoms. The predicted octanol–water partition coefficient (Wildman–Crippen LogP) is 3.30. The number of anilines is 2. The van der Waals surface area contributed by atoms with Gasteiger partial charge in [-0.1, -0.05) is 30.3 Å². The molecule has 0 spiro atoms. The minimum absolute atomic E-state index is 0.0578. The van der Waals surface area contributed by atoms with Crippen molar-refractivity contribution in [1.29, 1.82) is 0 Å². The number of aryl methyl sites for hydroxylation is 1. The van der Waals surface area contributed by atoms with Crippen LogP contribution >= 0.6 is 0 Å². The van der Waals surface area contributed by atoms with Crippen LogP contribution in [0, 0.1) is 12.3 Å². The van der Waals surface area contributed by atoms with E-state index in [1.54, 1.807) is 4.90 Å². The predicted molar refractivity (Wildman–Crippen MR) is 94.0 cm³/mol. The van der Waals surface area contributed by atoms with Crippen molar-refractivity contribution < 1.29 is 9.59 Å². The molecule has 2 aliphatic rings. The molecule has 4 heteroatoms. The Labute approximate surface area is 141 Å². The van der Waals surface area contributed by atoms with E-state index in [0.717, 1.165) is 23.4 Å². The van der Waals surface area contributed by atoms with E-state index in [1.165, 1.54) is 5.56 Å². The molecule has 2 aromatic rings. The zero-order valence-electron chi connectivity index (χ0n) is 13.7. The minimum atomic E-state index is -0.888. The van der Waals surface area contributed by atoms with Crippen molar-refractivity contribution >= 4 is 23.2 Å². The fourth-order valence-corrected chi connectivity index (χ4v) is 3.44. The van der Waals surface area contributed by atoms with Gasteiger partial charge in [0.05, 0.1) is 0 Å². The highest BCUT2D eigenvalue weighted by molar-refractivity contribution is 6.18. The first-order valence-corrected chi connectivity index (χ1v) is 8.38. The molecule has 1 aliphatic carbocycles. The van der Waals surface area contributed by atoms with Crippen LogP contribution in [0.3, 0.4) is 0 Å². The number of hydrogen-bond acceptors (Lipinski definition) is 2. The zero-order valence-corrected chi connectivity index (χ0v) is 13.7. The van der Waals surface area contributed by atoms with Crippen molar-refractivity contribution in [2.75, 3.05) is 16.8 Å². The largest absolute Gasteiger partial charge is 0.325 e. The van der Waals surface area contributed by atoms with E-state index in [0.29, 0.717) is 19.4 Å². The SMILES string of the molecule is Cc1cccc(NC(=O)C2(C(=O)N3CCc4ccccc43)CC2)c1. The molecule has 1 heterocycles. The van der Waals surface area contributed by atoms with Crippen LogP contribution in [0.4, 0.5) is 11.4 Å². The van der Waals surface area contributed by atoms with Crippen molar-refractivity contribution in [3.8, 4) is 0 Å². The van der Waals surface area contributed by atoms with Crippen LogP contribution < -0.4 is 10.2 Å². The number of amides is 2. The molecule has 1 aliphatic heterocycles. The van der Waals surface area contributed by atoms with Gasteiger partial charge in [-0.3, -0.25) is 9.59 Å². The van der Waals surface area contributed by atoms with Gasteiger partial charge >= 0.3 is 0 Å². The lowest BCUT2D eigenvalue weighted by Crippen LogP contribution is -2.42. The number of para-hydroxylation sites is 1. The number of benzene rings is 2. The molecule has 4 nitrogen and oxygen atoms in total. The van der Waals surface area contributed by atoms with Gasteiger partial charge < -0.3 is 10.2 Å². The number of hydrogen-bond donors (Lipinski definition) is 1. The van der Waals surface area contributed by atoms with E-state index in [2.05, 4.69) is 11.4 Å². The Kier molecular flexibility index (Phi) is 3.41. The molecule has 0 saturated heterocycles. The van der Waals surface area contributed by atoms with Crippen LogP contribution in [0.25, 0.3) is 0 Å². The Morgan fingerprint density at radius 3 is 2.62 bits per heavy atom. The highest BCUT2D eigenvalue weighted by Gasteiger charge is 2.58. The van der Waals surface area contributed by atoms with E-state index in [9.17, 15) is 9.59 Å². The number of rotatable bonds is 3.